The summed E-state index contributed by atoms with van der Waals surface area (Å²) >= 11 is 0. The zero-order chi connectivity index (χ0) is 33.0. The number of hydrogen-bond donors (Lipinski definition) is 2. The number of pyridine rings is 1. The number of esters is 1. The molecule has 0 bridgehead atoms. The summed E-state index contributed by atoms with van der Waals surface area (Å²) < 4.78 is 40.3. The molecule has 13 nitrogen and oxygen atoms in total. The first-order valence-corrected chi connectivity index (χ1v) is 15.5. The fourth-order valence-corrected chi connectivity index (χ4v) is 6.47. The quantitative estimate of drug-likeness (QED) is 0.139. The second-order valence-corrected chi connectivity index (χ2v) is 11.9. The molecule has 5 rings (SSSR count). The molecule has 2 N–H and O–H groups in total. The Morgan fingerprint density at radius 2 is 1.78 bits per heavy atom. The van der Waals surface area contributed by atoms with Gasteiger partial charge in [0.25, 0.3) is 15.6 Å². The van der Waals surface area contributed by atoms with Crippen LogP contribution in [0.1, 0.15) is 23.7 Å². The molecule has 46 heavy (non-hydrogen) atoms. The molecule has 0 spiro atoms. The summed E-state index contributed by atoms with van der Waals surface area (Å²) in [5, 5.41) is 10.9. The number of amidine groups is 1. The highest BCUT2D eigenvalue weighted by Crippen LogP contribution is 2.30. The Morgan fingerprint density at radius 1 is 1.04 bits per heavy atom. The van der Waals surface area contributed by atoms with Gasteiger partial charge in [-0.05, 0) is 42.8 Å². The number of nitrogens with one attached hydrogen (secondary N) is 2. The monoisotopic (exact) mass is 642 g/mol. The minimum Gasteiger partial charge on any atom is -0.465 e. The molecule has 1 amide bonds. The van der Waals surface area contributed by atoms with Crippen molar-refractivity contribution in [2.75, 3.05) is 24.6 Å². The molecule has 2 aromatic heterocycles. The Bertz CT molecular complexity index is 2140. The van der Waals surface area contributed by atoms with Crippen molar-refractivity contribution in [3.63, 3.8) is 0 Å². The van der Waals surface area contributed by atoms with E-state index in [0.29, 0.717) is 27.5 Å². The van der Waals surface area contributed by atoms with Crippen molar-refractivity contribution in [2.45, 2.75) is 18.2 Å². The largest absolute Gasteiger partial charge is 0.465 e. The van der Waals surface area contributed by atoms with Gasteiger partial charge in [0.15, 0.2) is 0 Å². The van der Waals surface area contributed by atoms with Crippen molar-refractivity contribution >= 4 is 55.5 Å². The molecule has 0 aliphatic carbocycles. The first-order chi connectivity index (χ1) is 22.0. The topological polar surface area (TPSA) is 174 Å². The lowest BCUT2D eigenvalue weighted by molar-refractivity contribution is -0.141. The number of anilines is 1. The fraction of sp³-hybridized carbons (Fsp3) is 0.188. The van der Waals surface area contributed by atoms with Crippen LogP contribution in [0.2, 0.25) is 0 Å². The molecule has 0 atom stereocenters. The van der Waals surface area contributed by atoms with Crippen LogP contribution in [0.5, 0.6) is 0 Å². The van der Waals surface area contributed by atoms with Crippen LogP contribution in [0.3, 0.4) is 0 Å². The van der Waals surface area contributed by atoms with Gasteiger partial charge in [-0.1, -0.05) is 42.5 Å². The summed E-state index contributed by atoms with van der Waals surface area (Å²) in [6, 6.07) is 19.5. The van der Waals surface area contributed by atoms with Crippen LogP contribution in [0.15, 0.2) is 88.7 Å². The smallest absolute Gasteiger partial charge is 0.412 e. The van der Waals surface area contributed by atoms with Gasteiger partial charge in [-0.3, -0.25) is 29.6 Å². The average molecular weight is 643 g/mol. The lowest BCUT2D eigenvalue weighted by Gasteiger charge is -2.24. The molecule has 3 aromatic carbocycles. The predicted molar refractivity (Wildman–Crippen MR) is 172 cm³/mol. The number of carbonyl (C=O) groups is 2. The summed E-state index contributed by atoms with van der Waals surface area (Å²) in [7, 11) is -1.55. The minimum absolute atomic E-state index is 0.0667. The summed E-state index contributed by atoms with van der Waals surface area (Å²) in [6.07, 6.45) is 0.868. The summed E-state index contributed by atoms with van der Waals surface area (Å²) in [5.41, 5.74) is 2.18. The maximum Gasteiger partial charge on any atom is 0.412 e. The number of aryl methyl sites for hydroxylation is 1. The van der Waals surface area contributed by atoms with E-state index < -0.39 is 28.6 Å². The number of methoxy groups -OCH3 is 1. The number of aromatic nitrogens is 3. The van der Waals surface area contributed by atoms with Crippen LogP contribution in [0.4, 0.5) is 10.5 Å². The van der Waals surface area contributed by atoms with Crippen LogP contribution in [-0.2, 0) is 37.8 Å². The van der Waals surface area contributed by atoms with Gasteiger partial charge in [0, 0.05) is 30.6 Å². The van der Waals surface area contributed by atoms with E-state index in [1.54, 1.807) is 68.6 Å². The van der Waals surface area contributed by atoms with Gasteiger partial charge in [0.1, 0.15) is 23.0 Å². The standard InChI is InChI=1S/C32H30N6O7S/c1-4-45-28(39)19-38(46(42,43)27-9-5-7-21-8-6-16-34-29(21)27)23-14-15-26-24(18-23)35-25(31(40)37(26)2)17-20-10-12-22(13-11-20)30(33)36-32(41)44-3/h5-16,18H,4,17,19H2,1-3H3,(H2,33,36,41). The number of rotatable bonds is 9. The number of fused-ring (bicyclic) bond motifs is 2. The van der Waals surface area contributed by atoms with Crippen molar-refractivity contribution in [3.05, 3.63) is 106 Å². The van der Waals surface area contributed by atoms with E-state index in [2.05, 4.69) is 20.0 Å². The highest BCUT2D eigenvalue weighted by molar-refractivity contribution is 7.93. The number of benzene rings is 3. The lowest BCUT2D eigenvalue weighted by Crippen LogP contribution is -2.37. The Morgan fingerprint density at radius 3 is 2.50 bits per heavy atom. The van der Waals surface area contributed by atoms with Crippen LogP contribution < -0.4 is 15.2 Å². The van der Waals surface area contributed by atoms with E-state index in [0.717, 1.165) is 4.31 Å². The van der Waals surface area contributed by atoms with Crippen molar-refractivity contribution in [1.29, 1.82) is 5.41 Å². The third-order valence-electron chi connectivity index (χ3n) is 7.18. The van der Waals surface area contributed by atoms with E-state index in [9.17, 15) is 22.8 Å². The zero-order valence-corrected chi connectivity index (χ0v) is 26.0. The summed E-state index contributed by atoms with van der Waals surface area (Å²) in [4.78, 5) is 46.2. The third-order valence-corrected chi connectivity index (χ3v) is 8.99. The first-order valence-electron chi connectivity index (χ1n) is 14.1. The van der Waals surface area contributed by atoms with Crippen LogP contribution in [0, 0.1) is 5.41 Å². The van der Waals surface area contributed by atoms with Crippen molar-refractivity contribution in [1.82, 2.24) is 19.9 Å². The molecule has 0 aliphatic rings. The number of alkyl carbamates (subject to hydrolysis) is 1. The minimum atomic E-state index is -4.34. The summed E-state index contributed by atoms with van der Waals surface area (Å²) in [6.45, 7) is 1.09. The molecular weight excluding hydrogens is 612 g/mol. The number of nitrogens with zero attached hydrogens (tertiary/aromatic N) is 4. The predicted octanol–water partition coefficient (Wildman–Crippen LogP) is 3.51. The van der Waals surface area contributed by atoms with E-state index in [1.807, 2.05) is 0 Å². The van der Waals surface area contributed by atoms with Gasteiger partial charge >= 0.3 is 12.1 Å². The van der Waals surface area contributed by atoms with Gasteiger partial charge in [-0.2, -0.15) is 0 Å². The molecule has 0 saturated heterocycles. The number of amides is 1. The first kappa shape index (κ1) is 31.8. The molecule has 0 aliphatic heterocycles. The molecule has 0 saturated carbocycles. The van der Waals surface area contributed by atoms with E-state index in [1.165, 1.54) is 36.1 Å². The average Bonchev–Trinajstić information content (AvgIpc) is 3.05. The van der Waals surface area contributed by atoms with E-state index in [4.69, 9.17) is 10.1 Å². The Hall–Kier alpha value is -5.63. The third kappa shape index (κ3) is 6.42. The maximum atomic E-state index is 14.2. The molecule has 5 aromatic rings. The number of hydrogen-bond acceptors (Lipinski definition) is 10. The fourth-order valence-electron chi connectivity index (χ4n) is 4.90. The van der Waals surface area contributed by atoms with Gasteiger partial charge < -0.3 is 14.0 Å². The van der Waals surface area contributed by atoms with Gasteiger partial charge in [-0.25, -0.2) is 18.2 Å². The second kappa shape index (κ2) is 13.2. The van der Waals surface area contributed by atoms with Crippen molar-refractivity contribution < 1.29 is 27.5 Å². The van der Waals surface area contributed by atoms with Gasteiger partial charge in [0.05, 0.1) is 36.0 Å². The van der Waals surface area contributed by atoms with Crippen LogP contribution in [-0.4, -0.2) is 61.1 Å². The SMILES string of the molecule is CCOC(=O)CN(c1ccc2c(c1)nc(Cc1ccc(C(=N)NC(=O)OC)cc1)c(=O)n2C)S(=O)(=O)c1cccc2cccnc12. The molecular formula is C32H30N6O7S. The Kier molecular flexibility index (Phi) is 9.09. The number of sulfonamides is 1. The van der Waals surface area contributed by atoms with Crippen LogP contribution in [0.25, 0.3) is 21.9 Å². The Labute approximate surface area is 264 Å². The van der Waals surface area contributed by atoms with Crippen molar-refractivity contribution in [2.24, 2.45) is 7.05 Å². The highest BCUT2D eigenvalue weighted by Gasteiger charge is 2.30. The summed E-state index contributed by atoms with van der Waals surface area (Å²) in [5.74, 6) is -0.890. The van der Waals surface area contributed by atoms with Gasteiger partial charge in [-0.15, -0.1) is 0 Å². The molecule has 2 heterocycles. The van der Waals surface area contributed by atoms with Gasteiger partial charge in [0.2, 0.25) is 0 Å². The number of para-hydroxylation sites is 1. The zero-order valence-electron chi connectivity index (χ0n) is 25.2. The van der Waals surface area contributed by atoms with E-state index in [-0.39, 0.29) is 46.2 Å². The maximum absolute atomic E-state index is 14.2. The molecule has 236 valence electrons. The molecule has 0 unspecified atom stereocenters. The Balaban J connectivity index is 1.55. The van der Waals surface area contributed by atoms with Crippen LogP contribution >= 0.6 is 0 Å². The number of carbonyl (C=O) groups excluding carboxylic acids is 2. The molecule has 0 fully saturated rings. The molecule has 0 radical (unpaired) electrons. The highest BCUT2D eigenvalue weighted by atomic mass is 32.2. The lowest BCUT2D eigenvalue weighted by atomic mass is 10.1. The van der Waals surface area contributed by atoms with Crippen molar-refractivity contribution in [3.8, 4) is 0 Å². The second-order valence-electron chi connectivity index (χ2n) is 10.1. The number of ether oxygens (including phenoxy) is 2. The van der Waals surface area contributed by atoms with E-state index >= 15 is 0 Å². The normalized spacial score (nSPS) is 11.3. The molecule has 14 heteroatoms.